The maximum Gasteiger partial charge on any atom is 0.177 e. The molecule has 0 unspecified atom stereocenters. The van der Waals surface area contributed by atoms with E-state index >= 15 is 0 Å². The van der Waals surface area contributed by atoms with E-state index in [2.05, 4.69) is 23.2 Å². The molecule has 3 aromatic rings. The molecule has 0 atom stereocenters. The lowest BCUT2D eigenvalue weighted by Gasteiger charge is -2.25. The van der Waals surface area contributed by atoms with Gasteiger partial charge in [-0.25, -0.2) is 9.97 Å². The molecule has 2 heterocycles. The van der Waals surface area contributed by atoms with Gasteiger partial charge in [0.05, 0.1) is 25.3 Å². The number of ether oxygens (including phenoxy) is 2. The second-order valence-electron chi connectivity index (χ2n) is 6.59. The monoisotopic (exact) mass is 374 g/mol. The Morgan fingerprint density at radius 1 is 0.964 bits per heavy atom. The van der Waals surface area contributed by atoms with Gasteiger partial charge in [0.25, 0.3) is 0 Å². The third kappa shape index (κ3) is 3.62. The molecule has 0 spiro atoms. The fourth-order valence-corrected chi connectivity index (χ4v) is 3.12. The predicted molar refractivity (Wildman–Crippen MR) is 113 cm³/mol. The average molecular weight is 374 g/mol. The molecule has 1 aromatic heterocycles. The topological polar surface area (TPSA) is 59.5 Å². The summed E-state index contributed by atoms with van der Waals surface area (Å²) in [6, 6.07) is 13.5. The number of methoxy groups -OCH3 is 2. The first-order valence-electron chi connectivity index (χ1n) is 9.04. The zero-order chi connectivity index (χ0) is 19.5. The van der Waals surface area contributed by atoms with Crippen molar-refractivity contribution in [3.8, 4) is 11.5 Å². The fraction of sp³-hybridized carbons (Fsp3) is 0.182. The molecule has 1 N–H and O–H groups in total. The standard InChI is InChI=1S/C22H22N4O2/c1-15-7-6-10-26(14-15)22-21(24-19-8-4-5-9-20(19)25-22)23-16-11-17(27-2)13-18(12-16)28-3/h4-13H,14H2,1-3H3,(H,23,24). The largest absolute Gasteiger partial charge is 0.497 e. The van der Waals surface area contributed by atoms with E-state index in [4.69, 9.17) is 19.4 Å². The number of rotatable bonds is 5. The first-order chi connectivity index (χ1) is 13.7. The molecule has 0 amide bonds. The van der Waals surface area contributed by atoms with Crippen LogP contribution in [0.3, 0.4) is 0 Å². The molecule has 0 aliphatic carbocycles. The molecule has 0 saturated heterocycles. The summed E-state index contributed by atoms with van der Waals surface area (Å²) >= 11 is 0. The molecule has 6 heteroatoms. The van der Waals surface area contributed by atoms with Gasteiger partial charge in [0.2, 0.25) is 0 Å². The minimum Gasteiger partial charge on any atom is -0.497 e. The average Bonchev–Trinajstić information content (AvgIpc) is 2.73. The van der Waals surface area contributed by atoms with Crippen LogP contribution < -0.4 is 19.7 Å². The van der Waals surface area contributed by atoms with Crippen molar-refractivity contribution in [2.24, 2.45) is 0 Å². The summed E-state index contributed by atoms with van der Waals surface area (Å²) in [5.74, 6) is 2.85. The van der Waals surface area contributed by atoms with Crippen LogP contribution in [0, 0.1) is 0 Å². The predicted octanol–water partition coefficient (Wildman–Crippen LogP) is 4.67. The van der Waals surface area contributed by atoms with Crippen LogP contribution in [0.25, 0.3) is 11.0 Å². The number of allylic oxidation sites excluding steroid dienone is 2. The van der Waals surface area contributed by atoms with Crippen LogP contribution in [-0.2, 0) is 0 Å². The molecule has 6 nitrogen and oxygen atoms in total. The summed E-state index contributed by atoms with van der Waals surface area (Å²) in [6.45, 7) is 2.87. The van der Waals surface area contributed by atoms with Gasteiger partial charge in [-0.3, -0.25) is 0 Å². The van der Waals surface area contributed by atoms with Crippen molar-refractivity contribution in [1.82, 2.24) is 9.97 Å². The normalized spacial score (nSPS) is 13.4. The van der Waals surface area contributed by atoms with Crippen LogP contribution in [-0.4, -0.2) is 30.7 Å². The molecular formula is C22H22N4O2. The van der Waals surface area contributed by atoms with E-state index in [0.717, 1.165) is 29.1 Å². The van der Waals surface area contributed by atoms with Gasteiger partial charge in [0.1, 0.15) is 11.5 Å². The Hall–Kier alpha value is -3.54. The van der Waals surface area contributed by atoms with Gasteiger partial charge in [-0.05, 0) is 25.1 Å². The van der Waals surface area contributed by atoms with Crippen molar-refractivity contribution in [1.29, 1.82) is 0 Å². The third-order valence-corrected chi connectivity index (χ3v) is 4.50. The lowest BCUT2D eigenvalue weighted by molar-refractivity contribution is 0.395. The molecule has 0 bridgehead atoms. The van der Waals surface area contributed by atoms with Gasteiger partial charge < -0.3 is 19.7 Å². The maximum absolute atomic E-state index is 5.38. The van der Waals surface area contributed by atoms with E-state index in [0.29, 0.717) is 17.3 Å². The Kier molecular flexibility index (Phi) is 4.85. The zero-order valence-corrected chi connectivity index (χ0v) is 16.1. The van der Waals surface area contributed by atoms with Crippen molar-refractivity contribution in [2.45, 2.75) is 6.92 Å². The van der Waals surface area contributed by atoms with Gasteiger partial charge in [0, 0.05) is 36.6 Å². The minimum atomic E-state index is 0.674. The van der Waals surface area contributed by atoms with E-state index in [9.17, 15) is 0 Å². The second-order valence-corrected chi connectivity index (χ2v) is 6.59. The van der Waals surface area contributed by atoms with Gasteiger partial charge in [-0.15, -0.1) is 0 Å². The van der Waals surface area contributed by atoms with E-state index in [1.165, 1.54) is 5.57 Å². The Bertz CT molecular complexity index is 1050. The number of nitrogens with one attached hydrogen (secondary N) is 1. The van der Waals surface area contributed by atoms with Crippen molar-refractivity contribution in [3.05, 3.63) is 66.4 Å². The van der Waals surface area contributed by atoms with Gasteiger partial charge >= 0.3 is 0 Å². The van der Waals surface area contributed by atoms with Crippen LogP contribution in [0.15, 0.2) is 66.4 Å². The number of hydrogen-bond donors (Lipinski definition) is 1. The highest BCUT2D eigenvalue weighted by atomic mass is 16.5. The summed E-state index contributed by atoms with van der Waals surface area (Å²) < 4.78 is 10.8. The number of nitrogens with zero attached hydrogens (tertiary/aromatic N) is 3. The number of fused-ring (bicyclic) bond motifs is 1. The highest BCUT2D eigenvalue weighted by Gasteiger charge is 2.17. The molecular weight excluding hydrogens is 352 g/mol. The summed E-state index contributed by atoms with van der Waals surface area (Å²) in [5, 5.41) is 3.40. The second kappa shape index (κ2) is 7.60. The molecule has 2 aromatic carbocycles. The van der Waals surface area contributed by atoms with Crippen molar-refractivity contribution in [3.63, 3.8) is 0 Å². The summed E-state index contributed by atoms with van der Waals surface area (Å²) in [5.41, 5.74) is 3.76. The minimum absolute atomic E-state index is 0.674. The van der Waals surface area contributed by atoms with Crippen molar-refractivity contribution >= 4 is 28.4 Å². The number of aromatic nitrogens is 2. The summed E-state index contributed by atoms with van der Waals surface area (Å²) in [6.07, 6.45) is 6.14. The van der Waals surface area contributed by atoms with E-state index in [1.807, 2.05) is 54.7 Å². The fourth-order valence-electron chi connectivity index (χ4n) is 3.12. The van der Waals surface area contributed by atoms with Gasteiger partial charge in [0.15, 0.2) is 11.6 Å². The Balaban J connectivity index is 1.80. The molecule has 1 aliphatic heterocycles. The molecule has 0 saturated carbocycles. The lowest BCUT2D eigenvalue weighted by atomic mass is 10.2. The zero-order valence-electron chi connectivity index (χ0n) is 16.1. The van der Waals surface area contributed by atoms with Crippen LogP contribution in [0.4, 0.5) is 17.3 Å². The Morgan fingerprint density at radius 2 is 1.64 bits per heavy atom. The lowest BCUT2D eigenvalue weighted by Crippen LogP contribution is -2.23. The van der Waals surface area contributed by atoms with Crippen LogP contribution in [0.5, 0.6) is 11.5 Å². The SMILES string of the molecule is COc1cc(Nc2nc3ccccc3nc2N2C=CC=C(C)C2)cc(OC)c1. The van der Waals surface area contributed by atoms with Gasteiger partial charge in [-0.2, -0.15) is 0 Å². The number of para-hydroxylation sites is 2. The third-order valence-electron chi connectivity index (χ3n) is 4.50. The highest BCUT2D eigenvalue weighted by molar-refractivity contribution is 5.83. The van der Waals surface area contributed by atoms with E-state index < -0.39 is 0 Å². The molecule has 28 heavy (non-hydrogen) atoms. The molecule has 4 rings (SSSR count). The van der Waals surface area contributed by atoms with Crippen molar-refractivity contribution in [2.75, 3.05) is 31.0 Å². The van der Waals surface area contributed by atoms with E-state index in [1.54, 1.807) is 14.2 Å². The highest BCUT2D eigenvalue weighted by Crippen LogP contribution is 2.32. The molecule has 0 fully saturated rings. The Labute approximate surface area is 164 Å². The van der Waals surface area contributed by atoms with E-state index in [-0.39, 0.29) is 0 Å². The number of hydrogen-bond acceptors (Lipinski definition) is 6. The number of anilines is 3. The van der Waals surface area contributed by atoms with Crippen molar-refractivity contribution < 1.29 is 9.47 Å². The van der Waals surface area contributed by atoms with Crippen LogP contribution in [0.2, 0.25) is 0 Å². The first kappa shape index (κ1) is 17.9. The summed E-state index contributed by atoms with van der Waals surface area (Å²) in [7, 11) is 3.26. The molecule has 1 aliphatic rings. The maximum atomic E-state index is 5.38. The summed E-state index contributed by atoms with van der Waals surface area (Å²) in [4.78, 5) is 11.8. The Morgan fingerprint density at radius 3 is 2.29 bits per heavy atom. The first-order valence-corrected chi connectivity index (χ1v) is 9.04. The van der Waals surface area contributed by atoms with Crippen LogP contribution in [0.1, 0.15) is 6.92 Å². The van der Waals surface area contributed by atoms with Gasteiger partial charge in [-0.1, -0.05) is 23.8 Å². The quantitative estimate of drug-likeness (QED) is 0.700. The molecule has 142 valence electrons. The van der Waals surface area contributed by atoms with Crippen LogP contribution >= 0.6 is 0 Å². The smallest absolute Gasteiger partial charge is 0.177 e. The molecule has 0 radical (unpaired) electrons. The number of benzene rings is 2.